The van der Waals surface area contributed by atoms with Crippen LogP contribution in [0.1, 0.15) is 19.0 Å². The number of halogens is 2. The number of nitrogens with one attached hydrogen (secondary N) is 1. The van der Waals surface area contributed by atoms with Crippen molar-refractivity contribution in [2.75, 3.05) is 6.54 Å². The first-order chi connectivity index (χ1) is 6.74. The number of hydrogen-bond acceptors (Lipinski definition) is 4. The van der Waals surface area contributed by atoms with Gasteiger partial charge in [0.15, 0.2) is 0 Å². The van der Waals surface area contributed by atoms with E-state index in [0.29, 0.717) is 13.0 Å². The first kappa shape index (κ1) is 18.0. The van der Waals surface area contributed by atoms with Crippen molar-refractivity contribution in [3.05, 3.63) is 16.6 Å². The van der Waals surface area contributed by atoms with Gasteiger partial charge in [0.05, 0.1) is 17.2 Å². The van der Waals surface area contributed by atoms with Crippen molar-refractivity contribution >= 4 is 42.1 Å². The minimum atomic E-state index is -0.384. The van der Waals surface area contributed by atoms with Crippen molar-refractivity contribution in [3.8, 4) is 0 Å². The van der Waals surface area contributed by atoms with Crippen LogP contribution in [-0.4, -0.2) is 23.5 Å². The molecule has 1 aromatic heterocycles. The molecule has 4 nitrogen and oxygen atoms in total. The molecule has 1 amide bonds. The molecule has 1 aromatic rings. The van der Waals surface area contributed by atoms with Crippen LogP contribution in [0.3, 0.4) is 0 Å². The van der Waals surface area contributed by atoms with Gasteiger partial charge in [-0.15, -0.1) is 36.2 Å². The summed E-state index contributed by atoms with van der Waals surface area (Å²) in [4.78, 5) is 15.4. The zero-order chi connectivity index (χ0) is 10.4. The molecule has 0 aromatic carbocycles. The minimum absolute atomic E-state index is 0. The molecule has 0 aliphatic heterocycles. The normalized spacial score (nSPS) is 10.9. The molecule has 0 saturated carbocycles. The van der Waals surface area contributed by atoms with Gasteiger partial charge in [-0.25, -0.2) is 4.98 Å². The Hall–Kier alpha value is -0.360. The lowest BCUT2D eigenvalue weighted by molar-refractivity contribution is -0.122. The van der Waals surface area contributed by atoms with Crippen molar-refractivity contribution < 1.29 is 4.79 Å². The van der Waals surface area contributed by atoms with Crippen LogP contribution in [-0.2, 0) is 11.2 Å². The van der Waals surface area contributed by atoms with Gasteiger partial charge in [0.1, 0.15) is 0 Å². The summed E-state index contributed by atoms with van der Waals surface area (Å²) in [6, 6.07) is -0.384. The summed E-state index contributed by atoms with van der Waals surface area (Å²) in [7, 11) is 0. The molecule has 0 spiro atoms. The maximum absolute atomic E-state index is 11.2. The predicted octanol–water partition coefficient (Wildman–Crippen LogP) is 1.38. The highest BCUT2D eigenvalue weighted by atomic mass is 35.5. The minimum Gasteiger partial charge on any atom is -0.354 e. The van der Waals surface area contributed by atoms with Crippen LogP contribution in [0.4, 0.5) is 0 Å². The Balaban J connectivity index is 0. The van der Waals surface area contributed by atoms with Crippen LogP contribution in [0, 0.1) is 0 Å². The second-order valence-electron chi connectivity index (χ2n) is 3.04. The Bertz CT molecular complexity index is 282. The average Bonchev–Trinajstić information content (AvgIpc) is 2.69. The van der Waals surface area contributed by atoms with Gasteiger partial charge < -0.3 is 11.1 Å². The number of amides is 1. The first-order valence-electron chi connectivity index (χ1n) is 4.64. The summed E-state index contributed by atoms with van der Waals surface area (Å²) in [5.74, 6) is -0.0808. The molecule has 0 saturated heterocycles. The van der Waals surface area contributed by atoms with Gasteiger partial charge in [-0.1, -0.05) is 6.92 Å². The quantitative estimate of drug-likeness (QED) is 0.859. The summed E-state index contributed by atoms with van der Waals surface area (Å²) in [6.07, 6.45) is 1.44. The zero-order valence-electron chi connectivity index (χ0n) is 9.01. The molecule has 7 heteroatoms. The number of thiazole rings is 1. The van der Waals surface area contributed by atoms with E-state index in [2.05, 4.69) is 10.3 Å². The number of carbonyl (C=O) groups excluding carboxylic acids is 1. The van der Waals surface area contributed by atoms with Crippen LogP contribution in [0.2, 0.25) is 0 Å². The molecule has 1 rings (SSSR count). The third kappa shape index (κ3) is 6.27. The lowest BCUT2D eigenvalue weighted by atomic mass is 10.2. The highest BCUT2D eigenvalue weighted by Gasteiger charge is 2.09. The summed E-state index contributed by atoms with van der Waals surface area (Å²) < 4.78 is 0. The summed E-state index contributed by atoms with van der Waals surface area (Å²) in [5.41, 5.74) is 8.35. The molecule has 0 radical (unpaired) electrons. The molecule has 1 atom stereocenters. The molecule has 16 heavy (non-hydrogen) atoms. The van der Waals surface area contributed by atoms with E-state index in [0.717, 1.165) is 12.1 Å². The number of rotatable bonds is 5. The third-order valence-electron chi connectivity index (χ3n) is 1.94. The van der Waals surface area contributed by atoms with E-state index in [1.165, 1.54) is 0 Å². The molecule has 0 bridgehead atoms. The number of hydrogen-bond donors (Lipinski definition) is 2. The van der Waals surface area contributed by atoms with Crippen LogP contribution >= 0.6 is 36.2 Å². The Morgan fingerprint density at radius 3 is 2.81 bits per heavy atom. The highest BCUT2D eigenvalue weighted by molar-refractivity contribution is 7.07. The molecule has 0 aliphatic carbocycles. The molecule has 0 aliphatic rings. The monoisotopic (exact) mass is 285 g/mol. The lowest BCUT2D eigenvalue weighted by Gasteiger charge is -2.08. The molecule has 94 valence electrons. The van der Waals surface area contributed by atoms with Crippen LogP contribution in [0.5, 0.6) is 0 Å². The molecular weight excluding hydrogens is 269 g/mol. The van der Waals surface area contributed by atoms with E-state index in [1.807, 2.05) is 12.3 Å². The number of carbonyl (C=O) groups is 1. The van der Waals surface area contributed by atoms with Gasteiger partial charge in [0.2, 0.25) is 5.91 Å². The van der Waals surface area contributed by atoms with Gasteiger partial charge in [-0.05, 0) is 6.42 Å². The highest BCUT2D eigenvalue weighted by Crippen LogP contribution is 2.00. The summed E-state index contributed by atoms with van der Waals surface area (Å²) in [6.45, 7) is 2.50. The zero-order valence-corrected chi connectivity index (χ0v) is 11.5. The fourth-order valence-corrected chi connectivity index (χ4v) is 1.58. The summed E-state index contributed by atoms with van der Waals surface area (Å²) in [5, 5.41) is 4.75. The van der Waals surface area contributed by atoms with Gasteiger partial charge in [-0.3, -0.25) is 4.79 Å². The number of nitrogens with two attached hydrogens (primary N) is 1. The predicted molar refractivity (Wildman–Crippen MR) is 71.6 cm³/mol. The van der Waals surface area contributed by atoms with Crippen LogP contribution in [0.15, 0.2) is 10.9 Å². The fourth-order valence-electron chi connectivity index (χ4n) is 0.991. The molecule has 1 heterocycles. The van der Waals surface area contributed by atoms with E-state index in [4.69, 9.17) is 5.73 Å². The molecule has 0 fully saturated rings. The first-order valence-corrected chi connectivity index (χ1v) is 5.58. The Morgan fingerprint density at radius 2 is 2.31 bits per heavy atom. The Kier molecular flexibility index (Phi) is 11.1. The van der Waals surface area contributed by atoms with E-state index in [1.54, 1.807) is 16.8 Å². The van der Waals surface area contributed by atoms with Crippen LogP contribution < -0.4 is 11.1 Å². The second kappa shape index (κ2) is 9.84. The van der Waals surface area contributed by atoms with Crippen molar-refractivity contribution in [1.29, 1.82) is 0 Å². The Morgan fingerprint density at radius 1 is 1.62 bits per heavy atom. The summed E-state index contributed by atoms with van der Waals surface area (Å²) >= 11 is 1.56. The Labute approximate surface area is 112 Å². The van der Waals surface area contributed by atoms with E-state index in [9.17, 15) is 4.79 Å². The van der Waals surface area contributed by atoms with Gasteiger partial charge in [0, 0.05) is 18.3 Å². The number of nitrogens with zero attached hydrogens (tertiary/aromatic N) is 1. The topological polar surface area (TPSA) is 68.0 Å². The SMILES string of the molecule is CC[C@H](N)C(=O)NCCc1cscn1.Cl.Cl. The molecule has 0 unspecified atom stereocenters. The smallest absolute Gasteiger partial charge is 0.236 e. The van der Waals surface area contributed by atoms with Gasteiger partial charge >= 0.3 is 0 Å². The van der Waals surface area contributed by atoms with Gasteiger partial charge in [-0.2, -0.15) is 0 Å². The van der Waals surface area contributed by atoms with Crippen molar-refractivity contribution in [2.24, 2.45) is 5.73 Å². The second-order valence-corrected chi connectivity index (χ2v) is 3.75. The molecular formula is C9H17Cl2N3OS. The largest absolute Gasteiger partial charge is 0.354 e. The van der Waals surface area contributed by atoms with Crippen molar-refractivity contribution in [2.45, 2.75) is 25.8 Å². The molecule has 3 N–H and O–H groups in total. The van der Waals surface area contributed by atoms with E-state index in [-0.39, 0.29) is 36.8 Å². The lowest BCUT2D eigenvalue weighted by Crippen LogP contribution is -2.40. The van der Waals surface area contributed by atoms with Gasteiger partial charge in [0.25, 0.3) is 0 Å². The average molecular weight is 286 g/mol. The standard InChI is InChI=1S/C9H15N3OS.2ClH/c1-2-8(10)9(13)11-4-3-7-5-14-6-12-7;;/h5-6,8H,2-4,10H2,1H3,(H,11,13);2*1H/t8-;;/m0../s1. The number of aromatic nitrogens is 1. The van der Waals surface area contributed by atoms with E-state index < -0.39 is 0 Å². The maximum atomic E-state index is 11.2. The maximum Gasteiger partial charge on any atom is 0.236 e. The van der Waals surface area contributed by atoms with Crippen LogP contribution in [0.25, 0.3) is 0 Å². The fraction of sp³-hybridized carbons (Fsp3) is 0.556. The van der Waals surface area contributed by atoms with E-state index >= 15 is 0 Å². The van der Waals surface area contributed by atoms with Crippen molar-refractivity contribution in [1.82, 2.24) is 10.3 Å². The third-order valence-corrected chi connectivity index (χ3v) is 2.58. The van der Waals surface area contributed by atoms with Crippen molar-refractivity contribution in [3.63, 3.8) is 0 Å².